The molecule has 0 aromatic carbocycles. The predicted molar refractivity (Wildman–Crippen MR) is 57.6 cm³/mol. The summed E-state index contributed by atoms with van der Waals surface area (Å²) < 4.78 is 6.66. The number of ether oxygens (including phenoxy) is 1. The van der Waals surface area contributed by atoms with Crippen molar-refractivity contribution in [3.8, 4) is 0 Å². The molecule has 84 valence electrons. The summed E-state index contributed by atoms with van der Waals surface area (Å²) in [5, 5.41) is 4.11. The first-order valence-corrected chi connectivity index (χ1v) is 5.33. The van der Waals surface area contributed by atoms with Crippen molar-refractivity contribution in [3.05, 3.63) is 18.0 Å². The van der Waals surface area contributed by atoms with Gasteiger partial charge in [-0.05, 0) is 19.3 Å². The first kappa shape index (κ1) is 11.8. The molecule has 0 unspecified atom stereocenters. The molecule has 0 N–H and O–H groups in total. The SMILES string of the molecule is CCOC(=O)c1cnn(CCC(C)C)c1. The number of carbonyl (C=O) groups is 1. The third kappa shape index (κ3) is 3.73. The lowest BCUT2D eigenvalue weighted by Gasteiger charge is -2.03. The molecule has 1 rings (SSSR count). The molecule has 0 atom stereocenters. The van der Waals surface area contributed by atoms with Crippen LogP contribution in [0.25, 0.3) is 0 Å². The maximum absolute atomic E-state index is 11.3. The molecule has 0 aliphatic heterocycles. The number of nitrogens with zero attached hydrogens (tertiary/aromatic N) is 2. The van der Waals surface area contributed by atoms with Crippen LogP contribution in [0.2, 0.25) is 0 Å². The quantitative estimate of drug-likeness (QED) is 0.699. The maximum Gasteiger partial charge on any atom is 0.341 e. The fourth-order valence-corrected chi connectivity index (χ4v) is 1.20. The van der Waals surface area contributed by atoms with Crippen LogP contribution in [0.5, 0.6) is 0 Å². The molecule has 1 aromatic heterocycles. The normalized spacial score (nSPS) is 10.7. The van der Waals surface area contributed by atoms with E-state index in [4.69, 9.17) is 4.74 Å². The van der Waals surface area contributed by atoms with Crippen LogP contribution in [0.15, 0.2) is 12.4 Å². The summed E-state index contributed by atoms with van der Waals surface area (Å²) in [6.07, 6.45) is 4.35. The molecule has 15 heavy (non-hydrogen) atoms. The molecule has 0 radical (unpaired) electrons. The number of carbonyl (C=O) groups excluding carboxylic acids is 1. The molecule has 4 heteroatoms. The average molecular weight is 210 g/mol. The standard InChI is InChI=1S/C11H18N2O2/c1-4-15-11(14)10-7-12-13(8-10)6-5-9(2)3/h7-9H,4-6H2,1-3H3. The van der Waals surface area contributed by atoms with Crippen molar-refractivity contribution in [2.45, 2.75) is 33.7 Å². The van der Waals surface area contributed by atoms with Crippen LogP contribution in [0.3, 0.4) is 0 Å². The number of esters is 1. The van der Waals surface area contributed by atoms with E-state index in [1.54, 1.807) is 24.0 Å². The Morgan fingerprint density at radius 3 is 2.93 bits per heavy atom. The second-order valence-corrected chi connectivity index (χ2v) is 3.90. The second-order valence-electron chi connectivity index (χ2n) is 3.90. The van der Waals surface area contributed by atoms with Gasteiger partial charge in [-0.2, -0.15) is 5.10 Å². The molecule has 4 nitrogen and oxygen atoms in total. The minimum Gasteiger partial charge on any atom is -0.462 e. The Hall–Kier alpha value is -1.32. The maximum atomic E-state index is 11.3. The van der Waals surface area contributed by atoms with Crippen LogP contribution in [0.1, 0.15) is 37.6 Å². The van der Waals surface area contributed by atoms with Gasteiger partial charge < -0.3 is 4.74 Å². The van der Waals surface area contributed by atoms with Crippen LogP contribution in [-0.4, -0.2) is 22.4 Å². The van der Waals surface area contributed by atoms with Crippen LogP contribution >= 0.6 is 0 Å². The van der Waals surface area contributed by atoms with Gasteiger partial charge in [-0.15, -0.1) is 0 Å². The van der Waals surface area contributed by atoms with Gasteiger partial charge in [0, 0.05) is 12.7 Å². The van der Waals surface area contributed by atoms with Crippen molar-refractivity contribution in [2.24, 2.45) is 5.92 Å². The van der Waals surface area contributed by atoms with E-state index in [1.807, 2.05) is 0 Å². The highest BCUT2D eigenvalue weighted by molar-refractivity contribution is 5.88. The summed E-state index contributed by atoms with van der Waals surface area (Å²) in [5.74, 6) is 0.341. The minimum absolute atomic E-state index is 0.298. The Morgan fingerprint density at radius 1 is 1.60 bits per heavy atom. The zero-order valence-electron chi connectivity index (χ0n) is 9.56. The molecule has 0 saturated heterocycles. The third-order valence-corrected chi connectivity index (χ3v) is 2.08. The summed E-state index contributed by atoms with van der Waals surface area (Å²) >= 11 is 0. The molecular formula is C11H18N2O2. The van der Waals surface area contributed by atoms with Gasteiger partial charge in [0.2, 0.25) is 0 Å². The van der Waals surface area contributed by atoms with E-state index in [0.29, 0.717) is 18.1 Å². The van der Waals surface area contributed by atoms with Crippen LogP contribution < -0.4 is 0 Å². The van der Waals surface area contributed by atoms with E-state index in [1.165, 1.54) is 0 Å². The number of aryl methyl sites for hydroxylation is 1. The zero-order valence-corrected chi connectivity index (χ0v) is 9.56. The van der Waals surface area contributed by atoms with Gasteiger partial charge >= 0.3 is 5.97 Å². The van der Waals surface area contributed by atoms with Crippen molar-refractivity contribution in [1.82, 2.24) is 9.78 Å². The molecule has 0 aliphatic rings. The molecular weight excluding hydrogens is 192 g/mol. The molecule has 0 saturated carbocycles. The summed E-state index contributed by atoms with van der Waals surface area (Å²) in [4.78, 5) is 11.3. The first-order valence-electron chi connectivity index (χ1n) is 5.33. The van der Waals surface area contributed by atoms with E-state index < -0.39 is 0 Å². The molecule has 0 spiro atoms. The summed E-state index contributed by atoms with van der Waals surface area (Å²) in [6.45, 7) is 7.36. The van der Waals surface area contributed by atoms with Crippen LogP contribution in [-0.2, 0) is 11.3 Å². The summed E-state index contributed by atoms with van der Waals surface area (Å²) in [7, 11) is 0. The minimum atomic E-state index is -0.298. The monoisotopic (exact) mass is 210 g/mol. The van der Waals surface area contributed by atoms with Gasteiger partial charge in [-0.25, -0.2) is 4.79 Å². The van der Waals surface area contributed by atoms with Gasteiger partial charge in [-0.3, -0.25) is 4.68 Å². The second kappa shape index (κ2) is 5.53. The van der Waals surface area contributed by atoms with E-state index in [2.05, 4.69) is 18.9 Å². The largest absolute Gasteiger partial charge is 0.462 e. The number of rotatable bonds is 5. The highest BCUT2D eigenvalue weighted by atomic mass is 16.5. The topological polar surface area (TPSA) is 44.1 Å². The van der Waals surface area contributed by atoms with Crippen molar-refractivity contribution in [3.63, 3.8) is 0 Å². The molecule has 0 bridgehead atoms. The van der Waals surface area contributed by atoms with Gasteiger partial charge in [-0.1, -0.05) is 13.8 Å². The number of hydrogen-bond acceptors (Lipinski definition) is 3. The Labute approximate surface area is 90.2 Å². The van der Waals surface area contributed by atoms with E-state index in [9.17, 15) is 4.79 Å². The van der Waals surface area contributed by atoms with Gasteiger partial charge in [0.1, 0.15) is 0 Å². The summed E-state index contributed by atoms with van der Waals surface area (Å²) in [5.41, 5.74) is 0.528. The lowest BCUT2D eigenvalue weighted by atomic mass is 10.1. The third-order valence-electron chi connectivity index (χ3n) is 2.08. The Morgan fingerprint density at radius 2 is 2.33 bits per heavy atom. The highest BCUT2D eigenvalue weighted by Gasteiger charge is 2.08. The highest BCUT2D eigenvalue weighted by Crippen LogP contribution is 2.05. The summed E-state index contributed by atoms with van der Waals surface area (Å²) in [6, 6.07) is 0. The fourth-order valence-electron chi connectivity index (χ4n) is 1.20. The number of hydrogen-bond donors (Lipinski definition) is 0. The van der Waals surface area contributed by atoms with Gasteiger partial charge in [0.15, 0.2) is 0 Å². The lowest BCUT2D eigenvalue weighted by Crippen LogP contribution is -2.04. The predicted octanol–water partition coefficient (Wildman–Crippen LogP) is 2.11. The first-order chi connectivity index (χ1) is 7.13. The van der Waals surface area contributed by atoms with Gasteiger partial charge in [0.25, 0.3) is 0 Å². The van der Waals surface area contributed by atoms with Gasteiger partial charge in [0.05, 0.1) is 18.4 Å². The lowest BCUT2D eigenvalue weighted by molar-refractivity contribution is 0.0526. The van der Waals surface area contributed by atoms with E-state index in [0.717, 1.165) is 13.0 Å². The van der Waals surface area contributed by atoms with E-state index >= 15 is 0 Å². The number of aromatic nitrogens is 2. The Bertz CT molecular complexity index is 318. The van der Waals surface area contributed by atoms with E-state index in [-0.39, 0.29) is 5.97 Å². The molecule has 1 aromatic rings. The van der Waals surface area contributed by atoms with Crippen molar-refractivity contribution in [2.75, 3.05) is 6.61 Å². The molecule has 0 aliphatic carbocycles. The molecule has 0 amide bonds. The van der Waals surface area contributed by atoms with Crippen LogP contribution in [0.4, 0.5) is 0 Å². The Kier molecular flexibility index (Phi) is 4.34. The smallest absolute Gasteiger partial charge is 0.341 e. The van der Waals surface area contributed by atoms with Crippen molar-refractivity contribution < 1.29 is 9.53 Å². The molecule has 0 fully saturated rings. The van der Waals surface area contributed by atoms with Crippen molar-refractivity contribution in [1.29, 1.82) is 0 Å². The van der Waals surface area contributed by atoms with Crippen LogP contribution in [0, 0.1) is 5.92 Å². The van der Waals surface area contributed by atoms with Crippen molar-refractivity contribution >= 4 is 5.97 Å². The Balaban J connectivity index is 2.52. The zero-order chi connectivity index (χ0) is 11.3. The molecule has 1 heterocycles. The average Bonchev–Trinajstić information content (AvgIpc) is 2.63. The fraction of sp³-hybridized carbons (Fsp3) is 0.636.